The first-order valence-corrected chi connectivity index (χ1v) is 10.9. The van der Waals surface area contributed by atoms with E-state index in [4.69, 9.17) is 9.84 Å². The van der Waals surface area contributed by atoms with Crippen LogP contribution in [0.15, 0.2) is 36.5 Å². The quantitative estimate of drug-likeness (QED) is 0.849. The molecule has 154 valence electrons. The molecule has 1 aliphatic carbocycles. The van der Waals surface area contributed by atoms with Crippen molar-refractivity contribution in [2.24, 2.45) is 5.92 Å². The number of piperidine rings is 1. The van der Waals surface area contributed by atoms with E-state index in [1.807, 2.05) is 27.8 Å². The number of rotatable bonds is 2. The van der Waals surface area contributed by atoms with Gasteiger partial charge in [0.1, 0.15) is 5.60 Å². The minimum Gasteiger partial charge on any atom is -0.393 e. The molecule has 1 aromatic carbocycles. The maximum Gasteiger partial charge on any atom is 0.225 e. The van der Waals surface area contributed by atoms with Gasteiger partial charge < -0.3 is 14.7 Å². The van der Waals surface area contributed by atoms with Crippen LogP contribution in [0.3, 0.4) is 0 Å². The average Bonchev–Trinajstić information content (AvgIpc) is 3.21. The predicted molar refractivity (Wildman–Crippen MR) is 109 cm³/mol. The standard InChI is InChI=1S/C23H29N3O3/c27-20-8-6-17(7-9-20)22(28)25-13-11-23(12-14-25)21-18(10-15-29-23)16-26(24-21)19-4-2-1-3-5-19/h1-5,16-17,20,27H,6-15H2. The number of aliphatic hydroxyl groups is 1. The molecule has 6 nitrogen and oxygen atoms in total. The fraction of sp³-hybridized carbons (Fsp3) is 0.565. The number of aliphatic hydroxyl groups excluding tert-OH is 1. The van der Waals surface area contributed by atoms with E-state index >= 15 is 0 Å². The van der Waals surface area contributed by atoms with Crippen LogP contribution < -0.4 is 0 Å². The van der Waals surface area contributed by atoms with Crippen molar-refractivity contribution in [3.05, 3.63) is 47.8 Å². The Morgan fingerprint density at radius 3 is 2.55 bits per heavy atom. The summed E-state index contributed by atoms with van der Waals surface area (Å²) in [5.41, 5.74) is 3.01. The molecular formula is C23H29N3O3. The average molecular weight is 396 g/mol. The molecule has 1 saturated heterocycles. The van der Waals surface area contributed by atoms with Crippen LogP contribution in [0.25, 0.3) is 5.69 Å². The van der Waals surface area contributed by atoms with Crippen molar-refractivity contribution in [1.82, 2.24) is 14.7 Å². The number of hydrogen-bond donors (Lipinski definition) is 1. The van der Waals surface area contributed by atoms with Gasteiger partial charge in [0.25, 0.3) is 0 Å². The van der Waals surface area contributed by atoms with Crippen molar-refractivity contribution in [2.75, 3.05) is 19.7 Å². The number of aromatic nitrogens is 2. The van der Waals surface area contributed by atoms with Gasteiger partial charge in [-0.1, -0.05) is 18.2 Å². The summed E-state index contributed by atoms with van der Waals surface area (Å²) >= 11 is 0. The van der Waals surface area contributed by atoms with E-state index in [9.17, 15) is 9.90 Å². The van der Waals surface area contributed by atoms with E-state index in [1.54, 1.807) is 0 Å². The fourth-order valence-corrected chi connectivity index (χ4v) is 5.16. The molecule has 2 fully saturated rings. The molecule has 1 saturated carbocycles. The molecule has 2 aliphatic heterocycles. The lowest BCUT2D eigenvalue weighted by atomic mass is 9.82. The first-order valence-electron chi connectivity index (χ1n) is 10.9. The van der Waals surface area contributed by atoms with Crippen molar-refractivity contribution < 1.29 is 14.6 Å². The Morgan fingerprint density at radius 2 is 1.83 bits per heavy atom. The number of carbonyl (C=O) groups is 1. The molecule has 3 aliphatic rings. The molecule has 6 heteroatoms. The third kappa shape index (κ3) is 3.49. The van der Waals surface area contributed by atoms with Gasteiger partial charge >= 0.3 is 0 Å². The van der Waals surface area contributed by atoms with E-state index in [-0.39, 0.29) is 23.5 Å². The van der Waals surface area contributed by atoms with E-state index in [1.165, 1.54) is 5.56 Å². The van der Waals surface area contributed by atoms with Gasteiger partial charge in [0, 0.05) is 25.2 Å². The number of likely N-dealkylation sites (tertiary alicyclic amines) is 1. The summed E-state index contributed by atoms with van der Waals surface area (Å²) in [6.45, 7) is 2.15. The van der Waals surface area contributed by atoms with Crippen LogP contribution in [0.5, 0.6) is 0 Å². The Bertz CT molecular complexity index is 863. The number of nitrogens with zero attached hydrogens (tertiary/aromatic N) is 3. The smallest absolute Gasteiger partial charge is 0.225 e. The van der Waals surface area contributed by atoms with E-state index in [2.05, 4.69) is 18.3 Å². The number of carbonyl (C=O) groups excluding carboxylic acids is 1. The van der Waals surface area contributed by atoms with Crippen molar-refractivity contribution >= 4 is 5.91 Å². The minimum absolute atomic E-state index is 0.0765. The minimum atomic E-state index is -0.368. The lowest BCUT2D eigenvalue weighted by Crippen LogP contribution is -2.50. The van der Waals surface area contributed by atoms with E-state index in [0.29, 0.717) is 6.61 Å². The largest absolute Gasteiger partial charge is 0.393 e. The van der Waals surface area contributed by atoms with Crippen molar-refractivity contribution in [2.45, 2.75) is 56.7 Å². The molecule has 29 heavy (non-hydrogen) atoms. The number of ether oxygens (including phenoxy) is 1. The maximum atomic E-state index is 12.9. The molecule has 1 aromatic heterocycles. The summed E-state index contributed by atoms with van der Waals surface area (Å²) < 4.78 is 8.29. The molecule has 0 bridgehead atoms. The van der Waals surface area contributed by atoms with Gasteiger partial charge in [-0.15, -0.1) is 0 Å². The Hall–Kier alpha value is -2.18. The van der Waals surface area contributed by atoms with Crippen molar-refractivity contribution in [3.63, 3.8) is 0 Å². The highest BCUT2D eigenvalue weighted by Crippen LogP contribution is 2.41. The second kappa shape index (κ2) is 7.58. The van der Waals surface area contributed by atoms with Gasteiger partial charge in [-0.3, -0.25) is 4.79 Å². The van der Waals surface area contributed by atoms with E-state index < -0.39 is 0 Å². The third-order valence-electron chi connectivity index (χ3n) is 6.92. The monoisotopic (exact) mass is 395 g/mol. The van der Waals surface area contributed by atoms with Gasteiger partial charge in [0.05, 0.1) is 24.1 Å². The van der Waals surface area contributed by atoms with Crippen LogP contribution in [0, 0.1) is 5.92 Å². The van der Waals surface area contributed by atoms with Crippen LogP contribution in [0.2, 0.25) is 0 Å². The van der Waals surface area contributed by atoms with Crippen LogP contribution in [-0.4, -0.2) is 51.5 Å². The number of benzene rings is 1. The Labute approximate surface area is 171 Å². The summed E-state index contributed by atoms with van der Waals surface area (Å²) in [6.07, 6.45) is 7.51. The number of amides is 1. The Kier molecular flexibility index (Phi) is 4.92. The summed E-state index contributed by atoms with van der Waals surface area (Å²) in [7, 11) is 0. The second-order valence-corrected chi connectivity index (χ2v) is 8.71. The first-order chi connectivity index (χ1) is 14.1. The van der Waals surface area contributed by atoms with Gasteiger partial charge in [0.15, 0.2) is 0 Å². The summed E-state index contributed by atoms with van der Waals surface area (Å²) in [5, 5.41) is 14.6. The van der Waals surface area contributed by atoms with Gasteiger partial charge in [-0.05, 0) is 62.6 Å². The fourth-order valence-electron chi connectivity index (χ4n) is 5.16. The summed E-state index contributed by atoms with van der Waals surface area (Å²) in [5.74, 6) is 0.338. The number of fused-ring (bicyclic) bond motifs is 2. The molecule has 1 spiro atoms. The summed E-state index contributed by atoms with van der Waals surface area (Å²) in [4.78, 5) is 15.0. The van der Waals surface area contributed by atoms with Gasteiger partial charge in [-0.2, -0.15) is 5.10 Å². The highest BCUT2D eigenvalue weighted by Gasteiger charge is 2.44. The summed E-state index contributed by atoms with van der Waals surface area (Å²) in [6, 6.07) is 10.2. The van der Waals surface area contributed by atoms with Gasteiger partial charge in [-0.25, -0.2) is 4.68 Å². The lowest BCUT2D eigenvalue weighted by Gasteiger charge is -2.44. The molecule has 1 N–H and O–H groups in total. The van der Waals surface area contributed by atoms with Crippen molar-refractivity contribution in [3.8, 4) is 5.69 Å². The second-order valence-electron chi connectivity index (χ2n) is 8.71. The van der Waals surface area contributed by atoms with Crippen LogP contribution in [-0.2, 0) is 21.6 Å². The van der Waals surface area contributed by atoms with E-state index in [0.717, 1.165) is 69.4 Å². The molecular weight excluding hydrogens is 366 g/mol. The molecule has 3 heterocycles. The van der Waals surface area contributed by atoms with Crippen molar-refractivity contribution in [1.29, 1.82) is 0 Å². The first kappa shape index (κ1) is 18.8. The highest BCUT2D eigenvalue weighted by atomic mass is 16.5. The van der Waals surface area contributed by atoms with Crippen LogP contribution in [0.1, 0.15) is 49.8 Å². The van der Waals surface area contributed by atoms with Crippen LogP contribution in [0.4, 0.5) is 0 Å². The maximum absolute atomic E-state index is 12.9. The molecule has 5 rings (SSSR count). The Morgan fingerprint density at radius 1 is 1.10 bits per heavy atom. The molecule has 0 radical (unpaired) electrons. The number of para-hydroxylation sites is 1. The van der Waals surface area contributed by atoms with Gasteiger partial charge in [0.2, 0.25) is 5.91 Å². The highest BCUT2D eigenvalue weighted by molar-refractivity contribution is 5.79. The lowest BCUT2D eigenvalue weighted by molar-refractivity contribution is -0.146. The normalized spacial score (nSPS) is 26.3. The molecule has 2 aromatic rings. The zero-order chi connectivity index (χ0) is 19.8. The third-order valence-corrected chi connectivity index (χ3v) is 6.92. The van der Waals surface area contributed by atoms with Crippen LogP contribution >= 0.6 is 0 Å². The number of hydrogen-bond acceptors (Lipinski definition) is 4. The Balaban J connectivity index is 1.31. The topological polar surface area (TPSA) is 67.6 Å². The molecule has 0 unspecified atom stereocenters. The molecule has 1 amide bonds. The molecule has 0 atom stereocenters. The predicted octanol–water partition coefficient (Wildman–Crippen LogP) is 2.81. The zero-order valence-electron chi connectivity index (χ0n) is 16.8. The zero-order valence-corrected chi connectivity index (χ0v) is 16.8. The SMILES string of the molecule is O=C(C1CCC(O)CC1)N1CCC2(CC1)OCCc1cn(-c3ccccc3)nc12.